The van der Waals surface area contributed by atoms with Gasteiger partial charge in [0.25, 0.3) is 5.97 Å². The van der Waals surface area contributed by atoms with Crippen LogP contribution >= 0.6 is 12.2 Å². The zero-order valence-corrected chi connectivity index (χ0v) is 7.91. The van der Waals surface area contributed by atoms with Gasteiger partial charge in [0.2, 0.25) is 0 Å². The maximum absolute atomic E-state index is 9.00. The minimum Gasteiger partial charge on any atom is -0.481 e. The summed E-state index contributed by atoms with van der Waals surface area (Å²) in [5.74, 6) is -0.833. The Morgan fingerprint density at radius 3 is 2.46 bits per heavy atom. The molecule has 0 aromatic carbocycles. The molecule has 1 aromatic rings. The number of nitrogens with two attached hydrogens (primary N) is 1. The molecule has 0 aliphatic heterocycles. The molecule has 0 saturated heterocycles. The van der Waals surface area contributed by atoms with Crippen molar-refractivity contribution < 1.29 is 9.90 Å². The van der Waals surface area contributed by atoms with Gasteiger partial charge in [-0.3, -0.25) is 9.78 Å². The Hall–Kier alpha value is -1.49. The first kappa shape index (κ1) is 11.5. The van der Waals surface area contributed by atoms with Crippen molar-refractivity contribution in [2.24, 2.45) is 5.73 Å². The maximum Gasteiger partial charge on any atom is 0.300 e. The first-order valence-corrected chi connectivity index (χ1v) is 3.84. The van der Waals surface area contributed by atoms with E-state index >= 15 is 0 Å². The SMILES string of the molecule is CC(=O)O.NC(=S)c1cccnc1. The number of hydrogen-bond acceptors (Lipinski definition) is 3. The van der Waals surface area contributed by atoms with Crippen LogP contribution in [0.2, 0.25) is 0 Å². The van der Waals surface area contributed by atoms with Gasteiger partial charge in [-0.05, 0) is 12.1 Å². The zero-order valence-electron chi connectivity index (χ0n) is 7.10. The molecule has 70 valence electrons. The second kappa shape index (κ2) is 6.07. The zero-order chi connectivity index (χ0) is 10.3. The van der Waals surface area contributed by atoms with Crippen LogP contribution in [0.5, 0.6) is 0 Å². The third kappa shape index (κ3) is 6.89. The fourth-order valence-electron chi connectivity index (χ4n) is 0.509. The third-order valence-corrected chi connectivity index (χ3v) is 1.18. The highest BCUT2D eigenvalue weighted by Gasteiger charge is 1.90. The van der Waals surface area contributed by atoms with Crippen molar-refractivity contribution >= 4 is 23.2 Å². The van der Waals surface area contributed by atoms with E-state index in [1.54, 1.807) is 18.5 Å². The first-order chi connectivity index (χ1) is 6.04. The van der Waals surface area contributed by atoms with Crippen molar-refractivity contribution in [1.82, 2.24) is 4.98 Å². The summed E-state index contributed by atoms with van der Waals surface area (Å²) in [6, 6.07) is 3.63. The van der Waals surface area contributed by atoms with E-state index in [1.807, 2.05) is 6.07 Å². The predicted octanol–water partition coefficient (Wildman–Crippen LogP) is 0.807. The number of carbonyl (C=O) groups is 1. The summed E-state index contributed by atoms with van der Waals surface area (Å²) in [4.78, 5) is 13.2. The normalized spacial score (nSPS) is 8.08. The molecular weight excluding hydrogens is 188 g/mol. The predicted molar refractivity (Wildman–Crippen MR) is 53.4 cm³/mol. The molecule has 0 fully saturated rings. The highest BCUT2D eigenvalue weighted by Crippen LogP contribution is 1.92. The molecule has 0 unspecified atom stereocenters. The number of aliphatic carboxylic acids is 1. The summed E-state index contributed by atoms with van der Waals surface area (Å²) in [6.45, 7) is 1.08. The molecule has 1 heterocycles. The van der Waals surface area contributed by atoms with Gasteiger partial charge >= 0.3 is 0 Å². The fraction of sp³-hybridized carbons (Fsp3) is 0.125. The maximum atomic E-state index is 9.00. The summed E-state index contributed by atoms with van der Waals surface area (Å²) in [5, 5.41) is 7.42. The summed E-state index contributed by atoms with van der Waals surface area (Å²) in [7, 11) is 0. The first-order valence-electron chi connectivity index (χ1n) is 3.43. The van der Waals surface area contributed by atoms with Gasteiger partial charge in [0, 0.05) is 24.9 Å². The lowest BCUT2D eigenvalue weighted by Gasteiger charge is -1.92. The lowest BCUT2D eigenvalue weighted by Crippen LogP contribution is -2.08. The van der Waals surface area contributed by atoms with E-state index in [9.17, 15) is 0 Å². The molecule has 0 aliphatic carbocycles. The molecule has 0 bridgehead atoms. The molecule has 13 heavy (non-hydrogen) atoms. The lowest BCUT2D eigenvalue weighted by atomic mass is 10.3. The number of aromatic nitrogens is 1. The van der Waals surface area contributed by atoms with E-state index in [4.69, 9.17) is 27.9 Å². The Morgan fingerprint density at radius 1 is 1.69 bits per heavy atom. The standard InChI is InChI=1S/C6H6N2S.C2H4O2/c7-6(9)5-2-1-3-8-4-5;1-2(3)4/h1-4H,(H2,7,9);1H3,(H,3,4). The van der Waals surface area contributed by atoms with Gasteiger partial charge in [-0.2, -0.15) is 0 Å². The van der Waals surface area contributed by atoms with Gasteiger partial charge in [-0.15, -0.1) is 0 Å². The van der Waals surface area contributed by atoms with Crippen LogP contribution in [0.4, 0.5) is 0 Å². The van der Waals surface area contributed by atoms with E-state index in [0.717, 1.165) is 12.5 Å². The summed E-state index contributed by atoms with van der Waals surface area (Å²) in [6.07, 6.45) is 3.32. The van der Waals surface area contributed by atoms with Crippen molar-refractivity contribution in [2.45, 2.75) is 6.92 Å². The highest BCUT2D eigenvalue weighted by molar-refractivity contribution is 7.80. The third-order valence-electron chi connectivity index (χ3n) is 0.946. The van der Waals surface area contributed by atoms with E-state index in [1.165, 1.54) is 0 Å². The van der Waals surface area contributed by atoms with Gasteiger partial charge in [-0.25, -0.2) is 0 Å². The van der Waals surface area contributed by atoms with Crippen LogP contribution in [0.3, 0.4) is 0 Å². The van der Waals surface area contributed by atoms with E-state index in [-0.39, 0.29) is 0 Å². The van der Waals surface area contributed by atoms with Crippen LogP contribution in [0.25, 0.3) is 0 Å². The van der Waals surface area contributed by atoms with Gasteiger partial charge in [0.1, 0.15) is 4.99 Å². The molecule has 0 amide bonds. The Balaban J connectivity index is 0.000000310. The Labute approximate surface area is 81.4 Å². The minimum absolute atomic E-state index is 0.392. The number of carboxylic acid groups (broad SMARTS) is 1. The molecular formula is C8H10N2O2S. The van der Waals surface area contributed by atoms with Crippen molar-refractivity contribution in [1.29, 1.82) is 0 Å². The van der Waals surface area contributed by atoms with Crippen LogP contribution < -0.4 is 5.73 Å². The number of carboxylic acids is 1. The van der Waals surface area contributed by atoms with E-state index in [0.29, 0.717) is 4.99 Å². The monoisotopic (exact) mass is 198 g/mol. The van der Waals surface area contributed by atoms with Crippen molar-refractivity contribution in [2.75, 3.05) is 0 Å². The summed E-state index contributed by atoms with van der Waals surface area (Å²) in [5.41, 5.74) is 6.12. The van der Waals surface area contributed by atoms with Gasteiger partial charge in [-0.1, -0.05) is 12.2 Å². The van der Waals surface area contributed by atoms with Gasteiger partial charge < -0.3 is 10.8 Å². The Kier molecular flexibility index (Phi) is 5.38. The van der Waals surface area contributed by atoms with E-state index < -0.39 is 5.97 Å². The van der Waals surface area contributed by atoms with Crippen LogP contribution in [0.1, 0.15) is 12.5 Å². The lowest BCUT2D eigenvalue weighted by molar-refractivity contribution is -0.134. The van der Waals surface area contributed by atoms with Crippen LogP contribution in [0, 0.1) is 0 Å². The second-order valence-electron chi connectivity index (χ2n) is 2.12. The molecule has 0 atom stereocenters. The molecule has 0 saturated carbocycles. The smallest absolute Gasteiger partial charge is 0.300 e. The van der Waals surface area contributed by atoms with Crippen LogP contribution in [-0.2, 0) is 4.79 Å². The van der Waals surface area contributed by atoms with Crippen molar-refractivity contribution in [3.05, 3.63) is 30.1 Å². The fourth-order valence-corrected chi connectivity index (χ4v) is 0.629. The average Bonchev–Trinajstić information content (AvgIpc) is 2.05. The Morgan fingerprint density at radius 2 is 2.23 bits per heavy atom. The average molecular weight is 198 g/mol. The summed E-state index contributed by atoms with van der Waals surface area (Å²) >= 11 is 4.70. The van der Waals surface area contributed by atoms with E-state index in [2.05, 4.69) is 4.98 Å². The molecule has 3 N–H and O–H groups in total. The van der Waals surface area contributed by atoms with Gasteiger partial charge in [0.05, 0.1) is 0 Å². The molecule has 0 spiro atoms. The number of nitrogens with zero attached hydrogens (tertiary/aromatic N) is 1. The topological polar surface area (TPSA) is 76.2 Å². The number of pyridine rings is 1. The second-order valence-corrected chi connectivity index (χ2v) is 2.56. The molecule has 1 aromatic heterocycles. The van der Waals surface area contributed by atoms with Crippen LogP contribution in [-0.4, -0.2) is 21.0 Å². The quantitative estimate of drug-likeness (QED) is 0.653. The van der Waals surface area contributed by atoms with Crippen molar-refractivity contribution in [3.8, 4) is 0 Å². The molecule has 0 radical (unpaired) electrons. The van der Waals surface area contributed by atoms with Crippen LogP contribution in [0.15, 0.2) is 24.5 Å². The summed E-state index contributed by atoms with van der Waals surface area (Å²) < 4.78 is 0. The molecule has 4 nitrogen and oxygen atoms in total. The highest BCUT2D eigenvalue weighted by atomic mass is 32.1. The Bertz CT molecular complexity index is 283. The largest absolute Gasteiger partial charge is 0.481 e. The minimum atomic E-state index is -0.833. The number of thiocarbonyl (C=S) groups is 1. The molecule has 0 aliphatic rings. The number of rotatable bonds is 1. The number of hydrogen-bond donors (Lipinski definition) is 2. The van der Waals surface area contributed by atoms with Gasteiger partial charge in [0.15, 0.2) is 0 Å². The van der Waals surface area contributed by atoms with Crippen molar-refractivity contribution in [3.63, 3.8) is 0 Å². The molecule has 1 rings (SSSR count). The molecule has 5 heteroatoms.